The van der Waals surface area contributed by atoms with Crippen LogP contribution in [-0.2, 0) is 16.0 Å². The maximum absolute atomic E-state index is 12.2. The van der Waals surface area contributed by atoms with Gasteiger partial charge in [-0.2, -0.15) is 5.10 Å². The molecule has 0 saturated heterocycles. The molecule has 27 heavy (non-hydrogen) atoms. The molecule has 6 nitrogen and oxygen atoms in total. The standard InChI is InChI=1S/C21H20N2O4/c1-15-19(13-14-20(25)27-18-11-7-4-8-12-18)21(26-16(2)24)23(22-15)17-9-5-3-6-10-17/h3-12H,13-14H2,1-2H3. The lowest BCUT2D eigenvalue weighted by atomic mass is 10.1. The minimum atomic E-state index is -0.444. The van der Waals surface area contributed by atoms with Crippen molar-refractivity contribution >= 4 is 11.9 Å². The number of carbonyl (C=O) groups excluding carboxylic acids is 2. The second kappa shape index (κ2) is 8.31. The van der Waals surface area contributed by atoms with Gasteiger partial charge in [0.25, 0.3) is 0 Å². The number of hydrogen-bond acceptors (Lipinski definition) is 5. The third-order valence-corrected chi connectivity index (χ3v) is 3.93. The average molecular weight is 364 g/mol. The number of nitrogens with zero attached hydrogens (tertiary/aromatic N) is 2. The molecule has 0 N–H and O–H groups in total. The Morgan fingerprint density at radius 1 is 0.963 bits per heavy atom. The predicted octanol–water partition coefficient (Wildman–Crippen LogP) is 3.64. The highest BCUT2D eigenvalue weighted by molar-refractivity contribution is 5.73. The summed E-state index contributed by atoms with van der Waals surface area (Å²) in [6, 6.07) is 18.3. The molecule has 0 radical (unpaired) electrons. The van der Waals surface area contributed by atoms with E-state index in [1.165, 1.54) is 6.92 Å². The van der Waals surface area contributed by atoms with Gasteiger partial charge in [-0.25, -0.2) is 4.68 Å². The second-order valence-electron chi connectivity index (χ2n) is 6.00. The summed E-state index contributed by atoms with van der Waals surface area (Å²) >= 11 is 0. The highest BCUT2D eigenvalue weighted by Gasteiger charge is 2.20. The van der Waals surface area contributed by atoms with Crippen LogP contribution in [0.25, 0.3) is 5.69 Å². The molecule has 0 fully saturated rings. The summed E-state index contributed by atoms with van der Waals surface area (Å²) in [5.74, 6) is 0.0279. The summed E-state index contributed by atoms with van der Waals surface area (Å²) < 4.78 is 12.3. The van der Waals surface area contributed by atoms with Crippen molar-refractivity contribution in [1.29, 1.82) is 0 Å². The fourth-order valence-electron chi connectivity index (χ4n) is 2.71. The summed E-state index contributed by atoms with van der Waals surface area (Å²) in [6.07, 6.45) is 0.497. The third-order valence-electron chi connectivity index (χ3n) is 3.93. The van der Waals surface area contributed by atoms with Crippen LogP contribution in [-0.4, -0.2) is 21.7 Å². The molecule has 2 aromatic carbocycles. The zero-order valence-electron chi connectivity index (χ0n) is 15.2. The van der Waals surface area contributed by atoms with Gasteiger partial charge in [0.1, 0.15) is 5.75 Å². The molecule has 6 heteroatoms. The van der Waals surface area contributed by atoms with Crippen molar-refractivity contribution < 1.29 is 19.1 Å². The molecule has 0 spiro atoms. The van der Waals surface area contributed by atoms with Crippen LogP contribution >= 0.6 is 0 Å². The Hall–Kier alpha value is -3.41. The lowest BCUT2D eigenvalue weighted by Gasteiger charge is -2.09. The van der Waals surface area contributed by atoms with E-state index < -0.39 is 5.97 Å². The molecule has 0 aliphatic rings. The Morgan fingerprint density at radius 2 is 1.59 bits per heavy atom. The fraction of sp³-hybridized carbons (Fsp3) is 0.190. The van der Waals surface area contributed by atoms with E-state index in [0.717, 1.165) is 5.69 Å². The number of ether oxygens (including phenoxy) is 2. The molecule has 0 unspecified atom stereocenters. The SMILES string of the molecule is CC(=O)Oc1c(CCC(=O)Oc2ccccc2)c(C)nn1-c1ccccc1. The molecular weight excluding hydrogens is 344 g/mol. The van der Waals surface area contributed by atoms with Crippen LogP contribution in [0, 0.1) is 6.92 Å². The van der Waals surface area contributed by atoms with E-state index >= 15 is 0 Å². The smallest absolute Gasteiger partial charge is 0.311 e. The van der Waals surface area contributed by atoms with Gasteiger partial charge in [0, 0.05) is 12.5 Å². The maximum atomic E-state index is 12.2. The zero-order valence-corrected chi connectivity index (χ0v) is 15.2. The number of carbonyl (C=O) groups is 2. The van der Waals surface area contributed by atoms with E-state index in [-0.39, 0.29) is 12.4 Å². The average Bonchev–Trinajstić information content (AvgIpc) is 2.96. The molecule has 0 saturated carbocycles. The fourth-order valence-corrected chi connectivity index (χ4v) is 2.71. The van der Waals surface area contributed by atoms with E-state index in [1.807, 2.05) is 43.3 Å². The molecule has 1 aromatic heterocycles. The number of aryl methyl sites for hydroxylation is 1. The largest absolute Gasteiger partial charge is 0.427 e. The number of benzene rings is 2. The van der Waals surface area contributed by atoms with Gasteiger partial charge in [-0.1, -0.05) is 36.4 Å². The summed E-state index contributed by atoms with van der Waals surface area (Å²) in [5, 5.41) is 4.48. The van der Waals surface area contributed by atoms with Crippen molar-refractivity contribution in [1.82, 2.24) is 9.78 Å². The highest BCUT2D eigenvalue weighted by Crippen LogP contribution is 2.27. The van der Waals surface area contributed by atoms with Gasteiger partial charge in [0.2, 0.25) is 5.88 Å². The first kappa shape index (κ1) is 18.4. The molecule has 0 aliphatic carbocycles. The molecule has 3 rings (SSSR count). The van der Waals surface area contributed by atoms with Crippen LogP contribution in [0.2, 0.25) is 0 Å². The molecular formula is C21H20N2O4. The Kier molecular flexibility index (Phi) is 5.66. The summed E-state index contributed by atoms with van der Waals surface area (Å²) in [5.41, 5.74) is 2.18. The van der Waals surface area contributed by atoms with Crippen LogP contribution in [0.3, 0.4) is 0 Å². The molecule has 0 amide bonds. The predicted molar refractivity (Wildman–Crippen MR) is 100 cm³/mol. The Labute approximate surface area is 157 Å². The lowest BCUT2D eigenvalue weighted by Crippen LogP contribution is -2.11. The quantitative estimate of drug-likeness (QED) is 0.493. The van der Waals surface area contributed by atoms with Crippen molar-refractivity contribution in [2.75, 3.05) is 0 Å². The molecule has 0 aliphatic heterocycles. The van der Waals surface area contributed by atoms with Crippen LogP contribution in [0.5, 0.6) is 11.6 Å². The second-order valence-corrected chi connectivity index (χ2v) is 6.00. The van der Waals surface area contributed by atoms with Crippen molar-refractivity contribution in [3.63, 3.8) is 0 Å². The number of aromatic nitrogens is 2. The van der Waals surface area contributed by atoms with Gasteiger partial charge in [0.05, 0.1) is 17.8 Å². The van der Waals surface area contributed by atoms with E-state index in [0.29, 0.717) is 29.3 Å². The highest BCUT2D eigenvalue weighted by atomic mass is 16.5. The minimum absolute atomic E-state index is 0.143. The van der Waals surface area contributed by atoms with Crippen LogP contribution in [0.4, 0.5) is 0 Å². The van der Waals surface area contributed by atoms with Crippen molar-refractivity contribution in [3.8, 4) is 17.3 Å². The zero-order chi connectivity index (χ0) is 19.2. The van der Waals surface area contributed by atoms with Crippen molar-refractivity contribution in [3.05, 3.63) is 71.9 Å². The summed E-state index contributed by atoms with van der Waals surface area (Å²) in [4.78, 5) is 23.7. The van der Waals surface area contributed by atoms with Crippen LogP contribution in [0.15, 0.2) is 60.7 Å². The van der Waals surface area contributed by atoms with Gasteiger partial charge in [-0.05, 0) is 37.6 Å². The first-order valence-corrected chi connectivity index (χ1v) is 8.62. The Bertz CT molecular complexity index is 934. The minimum Gasteiger partial charge on any atom is -0.427 e. The molecule has 0 atom stereocenters. The summed E-state index contributed by atoms with van der Waals surface area (Å²) in [7, 11) is 0. The first-order valence-electron chi connectivity index (χ1n) is 8.62. The van der Waals surface area contributed by atoms with Gasteiger partial charge >= 0.3 is 11.9 Å². The van der Waals surface area contributed by atoms with Gasteiger partial charge in [-0.3, -0.25) is 9.59 Å². The van der Waals surface area contributed by atoms with Gasteiger partial charge in [-0.15, -0.1) is 0 Å². The van der Waals surface area contributed by atoms with Crippen LogP contribution < -0.4 is 9.47 Å². The van der Waals surface area contributed by atoms with Gasteiger partial charge in [0.15, 0.2) is 0 Å². The Morgan fingerprint density at radius 3 is 2.22 bits per heavy atom. The van der Waals surface area contributed by atoms with E-state index in [1.54, 1.807) is 28.9 Å². The number of rotatable bonds is 6. The monoisotopic (exact) mass is 364 g/mol. The van der Waals surface area contributed by atoms with E-state index in [2.05, 4.69) is 5.10 Å². The van der Waals surface area contributed by atoms with Crippen molar-refractivity contribution in [2.24, 2.45) is 0 Å². The summed E-state index contributed by atoms with van der Waals surface area (Å²) in [6.45, 7) is 3.16. The van der Waals surface area contributed by atoms with E-state index in [4.69, 9.17) is 9.47 Å². The molecule has 0 bridgehead atoms. The number of esters is 2. The topological polar surface area (TPSA) is 70.4 Å². The van der Waals surface area contributed by atoms with E-state index in [9.17, 15) is 9.59 Å². The maximum Gasteiger partial charge on any atom is 0.311 e. The number of hydrogen-bond donors (Lipinski definition) is 0. The first-order chi connectivity index (χ1) is 13.0. The number of para-hydroxylation sites is 2. The molecule has 1 heterocycles. The molecule has 3 aromatic rings. The lowest BCUT2D eigenvalue weighted by molar-refractivity contribution is -0.134. The van der Waals surface area contributed by atoms with Crippen LogP contribution in [0.1, 0.15) is 24.6 Å². The van der Waals surface area contributed by atoms with Gasteiger partial charge < -0.3 is 9.47 Å². The third kappa shape index (κ3) is 4.61. The Balaban J connectivity index is 1.81. The van der Waals surface area contributed by atoms with Crippen molar-refractivity contribution in [2.45, 2.75) is 26.7 Å². The normalized spacial score (nSPS) is 10.4. The molecule has 138 valence electrons.